The van der Waals surface area contributed by atoms with E-state index in [0.717, 1.165) is 9.94 Å². The largest absolute Gasteiger partial charge is 0.622 e. The van der Waals surface area contributed by atoms with E-state index in [4.69, 9.17) is 11.6 Å². The molecule has 0 amide bonds. The van der Waals surface area contributed by atoms with Gasteiger partial charge in [-0.25, -0.2) is 0 Å². The monoisotopic (exact) mass is 350 g/mol. The number of rotatable bonds is 3. The van der Waals surface area contributed by atoms with Crippen molar-refractivity contribution in [2.24, 2.45) is 0 Å². The zero-order valence-electron chi connectivity index (χ0n) is 12.6. The van der Waals surface area contributed by atoms with Crippen molar-refractivity contribution in [2.45, 2.75) is 25.6 Å². The first kappa shape index (κ1) is 16.1. The predicted molar refractivity (Wildman–Crippen MR) is 89.3 cm³/mol. The third-order valence-electron chi connectivity index (χ3n) is 4.13. The Balaban J connectivity index is 2.09. The molecule has 0 fully saturated rings. The van der Waals surface area contributed by atoms with E-state index in [9.17, 15) is 15.2 Å². The van der Waals surface area contributed by atoms with Crippen LogP contribution in [0.3, 0.4) is 0 Å². The van der Waals surface area contributed by atoms with Crippen LogP contribution in [0.2, 0.25) is 5.02 Å². The van der Waals surface area contributed by atoms with Gasteiger partial charge < -0.3 is 10.4 Å². The fourth-order valence-corrected chi connectivity index (χ4v) is 3.75. The highest BCUT2D eigenvalue weighted by Crippen LogP contribution is 2.32. The van der Waals surface area contributed by atoms with Gasteiger partial charge in [0.1, 0.15) is 6.04 Å². The number of Topliss-reactive ketones (excluding diaryl/α,β-unsaturated/α-hetero) is 1. The van der Waals surface area contributed by atoms with Crippen molar-refractivity contribution in [1.29, 1.82) is 0 Å². The highest BCUT2D eigenvalue weighted by atomic mass is 35.5. The van der Waals surface area contributed by atoms with Crippen LogP contribution in [-0.4, -0.2) is 38.2 Å². The fraction of sp³-hybridized carbons (Fsp3) is 0.250. The first-order chi connectivity index (χ1) is 10.9. The van der Waals surface area contributed by atoms with Crippen LogP contribution in [-0.2, 0) is 0 Å². The Morgan fingerprint density at radius 2 is 2.04 bits per heavy atom. The van der Waals surface area contributed by atoms with Crippen LogP contribution in [0.25, 0.3) is 0 Å². The van der Waals surface area contributed by atoms with Crippen LogP contribution in [0.5, 0.6) is 0 Å². The standard InChI is InChI=1S/C16H15ClN2O3S/c1-10-14(13-4-3-9-23-13)19(22)16(2,18(10)21)15(20)11-5-7-12(17)8-6-11/h3-10,21H,1-2H3/t10-,16-/m0/s1. The molecule has 2 heterocycles. The molecule has 3 rings (SSSR count). The van der Waals surface area contributed by atoms with Crippen LogP contribution in [0.15, 0.2) is 41.8 Å². The molecule has 5 nitrogen and oxygen atoms in total. The molecule has 0 radical (unpaired) electrons. The summed E-state index contributed by atoms with van der Waals surface area (Å²) >= 11 is 7.23. The Morgan fingerprint density at radius 1 is 1.39 bits per heavy atom. The summed E-state index contributed by atoms with van der Waals surface area (Å²) in [5, 5.41) is 26.5. The molecule has 2 atom stereocenters. The molecular formula is C16H15ClN2O3S. The predicted octanol–water partition coefficient (Wildman–Crippen LogP) is 3.39. The molecule has 23 heavy (non-hydrogen) atoms. The number of hydrogen-bond acceptors (Lipinski definition) is 5. The normalized spacial score (nSPS) is 25.1. The van der Waals surface area contributed by atoms with E-state index >= 15 is 0 Å². The molecule has 120 valence electrons. The second-order valence-corrected chi connectivity index (χ2v) is 6.92. The van der Waals surface area contributed by atoms with Crippen molar-refractivity contribution < 1.29 is 14.7 Å². The minimum Gasteiger partial charge on any atom is -0.622 e. The molecule has 2 aromatic rings. The molecule has 0 spiro atoms. The van der Waals surface area contributed by atoms with Crippen molar-refractivity contribution in [3.05, 3.63) is 62.4 Å². The lowest BCUT2D eigenvalue weighted by molar-refractivity contribution is -0.561. The number of thiophene rings is 1. The van der Waals surface area contributed by atoms with Gasteiger partial charge in [-0.05, 0) is 42.6 Å². The van der Waals surface area contributed by atoms with Gasteiger partial charge in [-0.3, -0.25) is 4.79 Å². The number of halogens is 1. The summed E-state index contributed by atoms with van der Waals surface area (Å²) in [7, 11) is 0. The summed E-state index contributed by atoms with van der Waals surface area (Å²) in [4.78, 5) is 13.6. The van der Waals surface area contributed by atoms with Gasteiger partial charge in [0, 0.05) is 17.5 Å². The lowest BCUT2D eigenvalue weighted by Crippen LogP contribution is -2.54. The Kier molecular flexibility index (Phi) is 4.01. The molecule has 1 aliphatic rings. The van der Waals surface area contributed by atoms with Gasteiger partial charge in [0.25, 0.3) is 5.78 Å². The van der Waals surface area contributed by atoms with Crippen LogP contribution < -0.4 is 0 Å². The maximum absolute atomic E-state index is 12.9. The topological polar surface area (TPSA) is 66.6 Å². The Labute approximate surface area is 142 Å². The van der Waals surface area contributed by atoms with E-state index in [2.05, 4.69) is 0 Å². The lowest BCUT2D eigenvalue weighted by Gasteiger charge is -2.27. The minimum absolute atomic E-state index is 0.316. The zero-order chi connectivity index (χ0) is 16.8. The maximum atomic E-state index is 12.9. The van der Waals surface area contributed by atoms with E-state index < -0.39 is 17.5 Å². The van der Waals surface area contributed by atoms with Crippen LogP contribution in [0.4, 0.5) is 0 Å². The van der Waals surface area contributed by atoms with Gasteiger partial charge in [0.15, 0.2) is 0 Å². The molecule has 0 saturated heterocycles. The van der Waals surface area contributed by atoms with Gasteiger partial charge in [0.05, 0.1) is 4.88 Å². The highest BCUT2D eigenvalue weighted by Gasteiger charge is 2.58. The van der Waals surface area contributed by atoms with E-state index in [1.54, 1.807) is 37.3 Å². The van der Waals surface area contributed by atoms with Crippen LogP contribution in [0.1, 0.15) is 29.1 Å². The summed E-state index contributed by atoms with van der Waals surface area (Å²) in [6, 6.07) is 9.29. The summed E-state index contributed by atoms with van der Waals surface area (Å²) < 4.78 is 0.612. The Morgan fingerprint density at radius 3 is 2.61 bits per heavy atom. The highest BCUT2D eigenvalue weighted by molar-refractivity contribution is 7.12. The quantitative estimate of drug-likeness (QED) is 0.523. The number of benzene rings is 1. The Hall–Kier alpha value is -1.73. The SMILES string of the molecule is C[C@H]1C(c2cccs2)=[N+]([O-])[C@@](C)(C(=O)c2ccc(Cl)cc2)N1O. The molecule has 0 bridgehead atoms. The fourth-order valence-electron chi connectivity index (χ4n) is 2.79. The first-order valence-electron chi connectivity index (χ1n) is 7.04. The molecule has 1 N–H and O–H groups in total. The maximum Gasteiger partial charge on any atom is 0.312 e. The molecule has 0 aliphatic carbocycles. The molecule has 1 aliphatic heterocycles. The lowest BCUT2D eigenvalue weighted by atomic mass is 10.00. The third-order valence-corrected chi connectivity index (χ3v) is 5.28. The summed E-state index contributed by atoms with van der Waals surface area (Å²) in [5.74, 6) is -0.481. The van der Waals surface area contributed by atoms with Crippen molar-refractivity contribution in [3.8, 4) is 0 Å². The number of carbonyl (C=O) groups is 1. The zero-order valence-corrected chi connectivity index (χ0v) is 14.1. The molecule has 1 aromatic heterocycles. The number of ketones is 1. The van der Waals surface area contributed by atoms with Crippen molar-refractivity contribution in [2.75, 3.05) is 0 Å². The molecule has 7 heteroatoms. The van der Waals surface area contributed by atoms with Gasteiger partial charge in [-0.15, -0.1) is 16.4 Å². The Bertz CT molecular complexity index is 773. The average Bonchev–Trinajstić information content (AvgIpc) is 3.12. The average molecular weight is 351 g/mol. The van der Waals surface area contributed by atoms with Crippen molar-refractivity contribution in [1.82, 2.24) is 5.06 Å². The smallest absolute Gasteiger partial charge is 0.312 e. The van der Waals surface area contributed by atoms with E-state index in [0.29, 0.717) is 21.0 Å². The van der Waals surface area contributed by atoms with E-state index in [1.165, 1.54) is 18.3 Å². The van der Waals surface area contributed by atoms with Crippen molar-refractivity contribution in [3.63, 3.8) is 0 Å². The molecule has 0 saturated carbocycles. The number of hydrogen-bond donors (Lipinski definition) is 1. The second kappa shape index (κ2) is 5.72. The summed E-state index contributed by atoms with van der Waals surface area (Å²) in [6.07, 6.45) is 0. The summed E-state index contributed by atoms with van der Waals surface area (Å²) in [5.41, 5.74) is -1.02. The van der Waals surface area contributed by atoms with Gasteiger partial charge in [-0.2, -0.15) is 4.74 Å². The molecule has 1 aromatic carbocycles. The van der Waals surface area contributed by atoms with E-state index in [-0.39, 0.29) is 0 Å². The molecule has 0 unspecified atom stereocenters. The number of nitrogens with zero attached hydrogens (tertiary/aromatic N) is 2. The van der Waals surface area contributed by atoms with E-state index in [1.807, 2.05) is 11.4 Å². The van der Waals surface area contributed by atoms with Crippen molar-refractivity contribution >= 4 is 34.4 Å². The molecular weight excluding hydrogens is 336 g/mol. The van der Waals surface area contributed by atoms with Gasteiger partial charge >= 0.3 is 5.66 Å². The second-order valence-electron chi connectivity index (χ2n) is 5.53. The first-order valence-corrected chi connectivity index (χ1v) is 8.29. The van der Waals surface area contributed by atoms with Gasteiger partial charge in [-0.1, -0.05) is 17.7 Å². The number of carbonyl (C=O) groups excluding carboxylic acids is 1. The van der Waals surface area contributed by atoms with Crippen LogP contribution >= 0.6 is 22.9 Å². The number of hydroxylamine groups is 3. The third kappa shape index (κ3) is 2.38. The summed E-state index contributed by atoms with van der Waals surface area (Å²) in [6.45, 7) is 3.12. The van der Waals surface area contributed by atoms with Crippen LogP contribution in [0, 0.1) is 5.21 Å². The van der Waals surface area contributed by atoms with Gasteiger partial charge in [0.2, 0.25) is 5.71 Å². The minimum atomic E-state index is -1.72.